The van der Waals surface area contributed by atoms with Crippen LogP contribution in [0.25, 0.3) is 0 Å². The lowest BCUT2D eigenvalue weighted by Crippen LogP contribution is -2.23. The topological polar surface area (TPSA) is 60.2 Å². The lowest BCUT2D eigenvalue weighted by molar-refractivity contribution is -0.114. The number of benzene rings is 1. The largest absolute Gasteiger partial charge is 0.316 e. The number of nitrogens with two attached hydrogens (primary N) is 1. The first-order chi connectivity index (χ1) is 10.2. The number of rotatable bonds is 4. The maximum atomic E-state index is 12.5. The van der Waals surface area contributed by atoms with Crippen LogP contribution in [0.2, 0.25) is 0 Å². The predicted molar refractivity (Wildman–Crippen MR) is 85.2 cm³/mol. The van der Waals surface area contributed by atoms with E-state index in [2.05, 4.69) is 0 Å². The van der Waals surface area contributed by atoms with Gasteiger partial charge in [-0.15, -0.1) is 11.8 Å². The first kappa shape index (κ1) is 14.5. The van der Waals surface area contributed by atoms with Crippen LogP contribution in [0, 0.1) is 0 Å². The van der Waals surface area contributed by atoms with E-state index in [0.29, 0.717) is 10.8 Å². The molecule has 4 heteroatoms. The van der Waals surface area contributed by atoms with E-state index in [1.807, 2.05) is 18.2 Å². The minimum absolute atomic E-state index is 0.0656. The van der Waals surface area contributed by atoms with Gasteiger partial charge >= 0.3 is 0 Å². The molecule has 1 aromatic rings. The summed E-state index contributed by atoms with van der Waals surface area (Å²) >= 11 is 1.68. The molecule has 0 spiro atoms. The Balaban J connectivity index is 1.77. The second-order valence-corrected chi connectivity index (χ2v) is 6.97. The number of Topliss-reactive ketones (excluding diaryl/α,β-unsaturated/α-hetero) is 2. The van der Waals surface area contributed by atoms with E-state index in [0.717, 1.165) is 24.8 Å². The third kappa shape index (κ3) is 2.97. The molecule has 0 bridgehead atoms. The summed E-state index contributed by atoms with van der Waals surface area (Å²) in [6.07, 6.45) is 4.34. The van der Waals surface area contributed by atoms with Gasteiger partial charge < -0.3 is 5.73 Å². The van der Waals surface area contributed by atoms with Crippen LogP contribution in [0.4, 0.5) is 0 Å². The van der Waals surface area contributed by atoms with Crippen molar-refractivity contribution in [1.82, 2.24) is 0 Å². The van der Waals surface area contributed by atoms with Gasteiger partial charge in [0.25, 0.3) is 0 Å². The van der Waals surface area contributed by atoms with Crippen molar-refractivity contribution in [3.63, 3.8) is 0 Å². The molecule has 2 atom stereocenters. The number of carbonyl (C=O) groups is 2. The standard InChI is InChI=1S/C17H19NO2S/c18-17-16(12-8-4-5-9-15(12)21-17)14(20)10-13(19)11-6-2-1-3-7-11/h1-3,6-7,15,17H,4-5,8-10,18H2. The minimum atomic E-state index is -0.251. The van der Waals surface area contributed by atoms with E-state index in [-0.39, 0.29) is 23.4 Å². The van der Waals surface area contributed by atoms with Crippen molar-refractivity contribution >= 4 is 23.3 Å². The van der Waals surface area contributed by atoms with Crippen LogP contribution in [0.1, 0.15) is 42.5 Å². The molecule has 1 saturated carbocycles. The molecule has 0 saturated heterocycles. The molecule has 1 heterocycles. The summed E-state index contributed by atoms with van der Waals surface area (Å²) in [7, 11) is 0. The van der Waals surface area contributed by atoms with Gasteiger partial charge in [-0.05, 0) is 24.8 Å². The van der Waals surface area contributed by atoms with Crippen LogP contribution in [-0.2, 0) is 4.79 Å². The second-order valence-electron chi connectivity index (χ2n) is 5.62. The average molecular weight is 301 g/mol. The molecule has 1 fully saturated rings. The van der Waals surface area contributed by atoms with E-state index >= 15 is 0 Å². The molecule has 1 aromatic carbocycles. The zero-order valence-electron chi connectivity index (χ0n) is 11.9. The summed E-state index contributed by atoms with van der Waals surface area (Å²) in [6, 6.07) is 8.99. The maximum absolute atomic E-state index is 12.5. The van der Waals surface area contributed by atoms with E-state index in [4.69, 9.17) is 5.73 Å². The second kappa shape index (κ2) is 6.16. The van der Waals surface area contributed by atoms with Crippen molar-refractivity contribution in [3.8, 4) is 0 Å². The third-order valence-electron chi connectivity index (χ3n) is 4.21. The number of carbonyl (C=O) groups excluding carboxylic acids is 2. The smallest absolute Gasteiger partial charge is 0.170 e. The first-order valence-corrected chi connectivity index (χ1v) is 8.36. The fourth-order valence-corrected chi connectivity index (χ4v) is 4.66. The van der Waals surface area contributed by atoms with Gasteiger partial charge in [0, 0.05) is 16.4 Å². The fraction of sp³-hybridized carbons (Fsp3) is 0.412. The number of hydrogen-bond donors (Lipinski definition) is 1. The van der Waals surface area contributed by atoms with Crippen LogP contribution < -0.4 is 5.73 Å². The molecule has 3 rings (SSSR count). The lowest BCUT2D eigenvalue weighted by Gasteiger charge is -2.19. The third-order valence-corrected chi connectivity index (χ3v) is 5.59. The number of ketones is 2. The van der Waals surface area contributed by atoms with Gasteiger partial charge in [0.05, 0.1) is 11.8 Å². The van der Waals surface area contributed by atoms with Gasteiger partial charge in [0.1, 0.15) is 0 Å². The Kier molecular flexibility index (Phi) is 4.27. The summed E-state index contributed by atoms with van der Waals surface area (Å²) in [5, 5.41) is 0.152. The van der Waals surface area contributed by atoms with Gasteiger partial charge in [-0.2, -0.15) is 0 Å². The molecule has 1 aliphatic heterocycles. The van der Waals surface area contributed by atoms with Crippen LogP contribution >= 0.6 is 11.8 Å². The molecule has 2 unspecified atom stereocenters. The summed E-state index contributed by atoms with van der Waals surface area (Å²) in [5.41, 5.74) is 8.66. The summed E-state index contributed by atoms with van der Waals surface area (Å²) < 4.78 is 0. The monoisotopic (exact) mass is 301 g/mol. The highest BCUT2D eigenvalue weighted by atomic mass is 32.2. The molecular weight excluding hydrogens is 282 g/mol. The normalized spacial score (nSPS) is 24.8. The highest BCUT2D eigenvalue weighted by Crippen LogP contribution is 2.44. The highest BCUT2D eigenvalue weighted by Gasteiger charge is 2.37. The SMILES string of the molecule is NC1SC2CCCCC2=C1C(=O)CC(=O)c1ccccc1. The predicted octanol–water partition coefficient (Wildman–Crippen LogP) is 3.10. The number of thioether (sulfide) groups is 1. The molecule has 3 nitrogen and oxygen atoms in total. The van der Waals surface area contributed by atoms with Gasteiger partial charge in [-0.3, -0.25) is 9.59 Å². The van der Waals surface area contributed by atoms with Crippen molar-refractivity contribution in [3.05, 3.63) is 47.0 Å². The maximum Gasteiger partial charge on any atom is 0.170 e. The number of fused-ring (bicyclic) bond motifs is 1. The molecule has 0 radical (unpaired) electrons. The summed E-state index contributed by atoms with van der Waals surface area (Å²) in [5.74, 6) is -0.201. The Morgan fingerprint density at radius 1 is 1.14 bits per heavy atom. The molecule has 2 aliphatic rings. The van der Waals surface area contributed by atoms with Crippen LogP contribution in [0.3, 0.4) is 0 Å². The molecule has 1 aliphatic carbocycles. The fourth-order valence-electron chi connectivity index (χ4n) is 3.17. The van der Waals surface area contributed by atoms with E-state index in [1.54, 1.807) is 23.9 Å². The Labute approximate surface area is 129 Å². The van der Waals surface area contributed by atoms with Crippen molar-refractivity contribution < 1.29 is 9.59 Å². The zero-order chi connectivity index (χ0) is 14.8. The molecule has 21 heavy (non-hydrogen) atoms. The van der Waals surface area contributed by atoms with Crippen molar-refractivity contribution in [2.24, 2.45) is 5.73 Å². The molecular formula is C17H19NO2S. The number of hydrogen-bond acceptors (Lipinski definition) is 4. The Hall–Kier alpha value is -1.39. The van der Waals surface area contributed by atoms with E-state index < -0.39 is 0 Å². The summed E-state index contributed by atoms with van der Waals surface area (Å²) in [4.78, 5) is 24.7. The summed E-state index contributed by atoms with van der Waals surface area (Å²) in [6.45, 7) is 0. The minimum Gasteiger partial charge on any atom is -0.316 e. The van der Waals surface area contributed by atoms with Gasteiger partial charge in [0.15, 0.2) is 11.6 Å². The Morgan fingerprint density at radius 3 is 2.67 bits per heavy atom. The first-order valence-electron chi connectivity index (χ1n) is 7.42. The van der Waals surface area contributed by atoms with Crippen molar-refractivity contribution in [2.45, 2.75) is 42.7 Å². The van der Waals surface area contributed by atoms with Crippen LogP contribution in [-0.4, -0.2) is 22.2 Å². The molecule has 0 amide bonds. The Bertz CT molecular complexity index is 594. The van der Waals surface area contributed by atoms with E-state index in [9.17, 15) is 9.59 Å². The molecule has 0 aromatic heterocycles. The van der Waals surface area contributed by atoms with Crippen molar-refractivity contribution in [2.75, 3.05) is 0 Å². The van der Waals surface area contributed by atoms with E-state index in [1.165, 1.54) is 12.0 Å². The lowest BCUT2D eigenvalue weighted by atomic mass is 9.88. The van der Waals surface area contributed by atoms with Crippen molar-refractivity contribution in [1.29, 1.82) is 0 Å². The average Bonchev–Trinajstić information content (AvgIpc) is 2.83. The van der Waals surface area contributed by atoms with Gasteiger partial charge in [-0.25, -0.2) is 0 Å². The highest BCUT2D eigenvalue weighted by molar-refractivity contribution is 8.01. The molecule has 2 N–H and O–H groups in total. The van der Waals surface area contributed by atoms with Crippen LogP contribution in [0.15, 0.2) is 41.5 Å². The zero-order valence-corrected chi connectivity index (χ0v) is 12.7. The van der Waals surface area contributed by atoms with Gasteiger partial charge in [-0.1, -0.05) is 36.8 Å². The molecule has 110 valence electrons. The Morgan fingerprint density at radius 2 is 1.90 bits per heavy atom. The quantitative estimate of drug-likeness (QED) is 0.686. The van der Waals surface area contributed by atoms with Gasteiger partial charge in [0.2, 0.25) is 0 Å². The van der Waals surface area contributed by atoms with Crippen LogP contribution in [0.5, 0.6) is 0 Å².